The van der Waals surface area contributed by atoms with Crippen LogP contribution in [0.15, 0.2) is 64.5 Å². The van der Waals surface area contributed by atoms with Crippen LogP contribution in [0, 0.1) is 6.92 Å². The van der Waals surface area contributed by atoms with E-state index in [-0.39, 0.29) is 22.5 Å². The third-order valence-corrected chi connectivity index (χ3v) is 6.43. The normalized spacial score (nSPS) is 16.2. The fourth-order valence-corrected chi connectivity index (χ4v) is 4.66. The van der Waals surface area contributed by atoms with E-state index in [0.29, 0.717) is 28.4 Å². The first-order valence-electron chi connectivity index (χ1n) is 8.77. The van der Waals surface area contributed by atoms with E-state index in [2.05, 4.69) is 0 Å². The molecule has 0 saturated carbocycles. The molecule has 3 N–H and O–H groups in total. The second-order valence-corrected chi connectivity index (χ2v) is 8.35. The number of para-hydroxylation sites is 1. The van der Waals surface area contributed by atoms with Gasteiger partial charge in [-0.2, -0.15) is 0 Å². The molecule has 3 aromatic rings. The summed E-state index contributed by atoms with van der Waals surface area (Å²) in [6.07, 6.45) is 0.477. The van der Waals surface area contributed by atoms with Crippen molar-refractivity contribution < 1.29 is 15.3 Å². The molecule has 0 aliphatic carbocycles. The number of phenols is 3. The minimum Gasteiger partial charge on any atom is -0.508 e. The fraction of sp³-hybridized carbons (Fsp3) is 0.136. The lowest BCUT2D eigenvalue weighted by Gasteiger charge is -2.18. The Hall–Kier alpha value is -2.63. The summed E-state index contributed by atoms with van der Waals surface area (Å²) in [5, 5.41) is 31.2. The summed E-state index contributed by atoms with van der Waals surface area (Å²) in [6.45, 7) is 1.83. The third-order valence-electron chi connectivity index (χ3n) is 4.72. The number of aromatic hydroxyl groups is 3. The van der Waals surface area contributed by atoms with Gasteiger partial charge in [0.25, 0.3) is 0 Å². The average molecular weight is 412 g/mol. The molecule has 1 heterocycles. The molecule has 1 unspecified atom stereocenters. The molecule has 4 nitrogen and oxygen atoms in total. The van der Waals surface area contributed by atoms with Gasteiger partial charge in [-0.25, -0.2) is 0 Å². The minimum atomic E-state index is -0.120. The van der Waals surface area contributed by atoms with E-state index in [1.54, 1.807) is 48.2 Å². The van der Waals surface area contributed by atoms with Crippen molar-refractivity contribution in [2.24, 2.45) is 4.99 Å². The molecule has 6 heteroatoms. The van der Waals surface area contributed by atoms with Crippen LogP contribution in [0.2, 0.25) is 5.02 Å². The number of fused-ring (bicyclic) bond motifs is 1. The second-order valence-electron chi connectivity index (χ2n) is 6.70. The summed E-state index contributed by atoms with van der Waals surface area (Å²) in [5.74, 6) is 0.438. The molecule has 1 aliphatic heterocycles. The van der Waals surface area contributed by atoms with Crippen molar-refractivity contribution in [3.8, 4) is 17.2 Å². The summed E-state index contributed by atoms with van der Waals surface area (Å²) in [5.41, 5.74) is 3.38. The summed E-state index contributed by atoms with van der Waals surface area (Å²) in [7, 11) is 0. The summed E-state index contributed by atoms with van der Waals surface area (Å²) in [4.78, 5) is 5.63. The molecule has 0 amide bonds. The van der Waals surface area contributed by atoms with Gasteiger partial charge in [0.2, 0.25) is 0 Å². The topological polar surface area (TPSA) is 73.1 Å². The maximum atomic E-state index is 10.5. The number of benzene rings is 3. The Morgan fingerprint density at radius 1 is 1.00 bits per heavy atom. The monoisotopic (exact) mass is 411 g/mol. The highest BCUT2D eigenvalue weighted by atomic mass is 35.5. The fourth-order valence-electron chi connectivity index (χ4n) is 3.26. The lowest BCUT2D eigenvalue weighted by atomic mass is 9.99. The number of aryl methyl sites for hydroxylation is 1. The van der Waals surface area contributed by atoms with E-state index in [9.17, 15) is 15.3 Å². The average Bonchev–Trinajstić information content (AvgIpc) is 2.84. The van der Waals surface area contributed by atoms with Gasteiger partial charge in [0.05, 0.1) is 11.4 Å². The maximum absolute atomic E-state index is 10.5. The number of aliphatic imine (C=N–C) groups is 1. The van der Waals surface area contributed by atoms with E-state index < -0.39 is 0 Å². The zero-order valence-corrected chi connectivity index (χ0v) is 16.6. The van der Waals surface area contributed by atoms with Crippen LogP contribution in [0.5, 0.6) is 17.2 Å². The zero-order valence-electron chi connectivity index (χ0n) is 15.1. The summed E-state index contributed by atoms with van der Waals surface area (Å²) >= 11 is 7.86. The van der Waals surface area contributed by atoms with Crippen molar-refractivity contribution >= 4 is 34.8 Å². The lowest BCUT2D eigenvalue weighted by Crippen LogP contribution is -2.06. The van der Waals surface area contributed by atoms with Crippen molar-refractivity contribution in [1.82, 2.24) is 0 Å². The van der Waals surface area contributed by atoms with Crippen molar-refractivity contribution in [2.45, 2.75) is 23.5 Å². The number of nitrogens with zero attached hydrogens (tertiary/aromatic N) is 1. The second kappa shape index (κ2) is 7.41. The SMILES string of the molecule is Cc1cc(O)c(C2=Nc3cc(O)ccc3SC(c3ccccc3O)C2)cc1Cl. The van der Waals surface area contributed by atoms with Crippen molar-refractivity contribution in [3.05, 3.63) is 76.3 Å². The van der Waals surface area contributed by atoms with Crippen LogP contribution < -0.4 is 0 Å². The molecule has 4 rings (SSSR count). The zero-order chi connectivity index (χ0) is 19.8. The number of halogens is 1. The van der Waals surface area contributed by atoms with E-state index in [0.717, 1.165) is 16.0 Å². The van der Waals surface area contributed by atoms with Crippen LogP contribution in [0.3, 0.4) is 0 Å². The Morgan fingerprint density at radius 3 is 2.57 bits per heavy atom. The predicted molar refractivity (Wildman–Crippen MR) is 113 cm³/mol. The Kier molecular flexibility index (Phi) is 4.96. The molecule has 0 fully saturated rings. The standard InChI is InChI=1S/C22H18ClNO3S/c1-12-8-20(27)15(10-16(12)23)17-11-22(14-4-2-3-5-19(14)26)28-21-7-6-13(25)9-18(21)24-17/h2-10,22,25-27H,11H2,1H3. The molecule has 1 aliphatic rings. The smallest absolute Gasteiger partial charge is 0.125 e. The number of rotatable bonds is 2. The first-order valence-corrected chi connectivity index (χ1v) is 10.0. The first kappa shape index (κ1) is 18.7. The highest BCUT2D eigenvalue weighted by molar-refractivity contribution is 7.99. The molecule has 1 atom stereocenters. The van der Waals surface area contributed by atoms with Crippen molar-refractivity contribution in [3.63, 3.8) is 0 Å². The first-order chi connectivity index (χ1) is 13.4. The summed E-state index contributed by atoms with van der Waals surface area (Å²) < 4.78 is 0. The Morgan fingerprint density at radius 2 is 1.79 bits per heavy atom. The molecule has 0 radical (unpaired) electrons. The highest BCUT2D eigenvalue weighted by Gasteiger charge is 2.26. The van der Waals surface area contributed by atoms with Crippen LogP contribution >= 0.6 is 23.4 Å². The van der Waals surface area contributed by atoms with Crippen LogP contribution in [-0.4, -0.2) is 21.0 Å². The van der Waals surface area contributed by atoms with E-state index in [4.69, 9.17) is 16.6 Å². The predicted octanol–water partition coefficient (Wildman–Crippen LogP) is 6.12. The van der Waals surface area contributed by atoms with Gasteiger partial charge in [-0.3, -0.25) is 4.99 Å². The number of thioether (sulfide) groups is 1. The van der Waals surface area contributed by atoms with Crippen LogP contribution in [-0.2, 0) is 0 Å². The van der Waals surface area contributed by atoms with E-state index in [1.807, 2.05) is 25.1 Å². The van der Waals surface area contributed by atoms with Gasteiger partial charge in [0, 0.05) is 38.8 Å². The molecule has 28 heavy (non-hydrogen) atoms. The minimum absolute atomic E-state index is 0.102. The number of hydrogen-bond donors (Lipinski definition) is 3. The molecule has 0 aromatic heterocycles. The maximum Gasteiger partial charge on any atom is 0.125 e. The quantitative estimate of drug-likeness (QED) is 0.474. The van der Waals surface area contributed by atoms with E-state index >= 15 is 0 Å². The lowest BCUT2D eigenvalue weighted by molar-refractivity contribution is 0.468. The van der Waals surface area contributed by atoms with Gasteiger partial charge < -0.3 is 15.3 Å². The Labute approximate surface area is 172 Å². The number of hydrogen-bond acceptors (Lipinski definition) is 5. The van der Waals surface area contributed by atoms with Gasteiger partial charge in [0.1, 0.15) is 17.2 Å². The molecular formula is C22H18ClNO3S. The van der Waals surface area contributed by atoms with E-state index in [1.165, 1.54) is 0 Å². The Bertz CT molecular complexity index is 1100. The molecule has 0 spiro atoms. The summed E-state index contributed by atoms with van der Waals surface area (Å²) in [6, 6.07) is 15.6. The Balaban J connectivity index is 1.89. The van der Waals surface area contributed by atoms with Crippen molar-refractivity contribution in [1.29, 1.82) is 0 Å². The molecule has 3 aromatic carbocycles. The van der Waals surface area contributed by atoms with Gasteiger partial charge in [-0.05, 0) is 42.8 Å². The van der Waals surface area contributed by atoms with Crippen LogP contribution in [0.1, 0.15) is 28.4 Å². The van der Waals surface area contributed by atoms with Gasteiger partial charge in [-0.1, -0.05) is 29.8 Å². The van der Waals surface area contributed by atoms with Gasteiger partial charge in [0.15, 0.2) is 0 Å². The number of phenolic OH excluding ortho intramolecular Hbond substituents is 3. The van der Waals surface area contributed by atoms with Crippen LogP contribution in [0.25, 0.3) is 0 Å². The van der Waals surface area contributed by atoms with Crippen LogP contribution in [0.4, 0.5) is 5.69 Å². The highest BCUT2D eigenvalue weighted by Crippen LogP contribution is 2.48. The molecule has 142 valence electrons. The molecule has 0 saturated heterocycles. The largest absolute Gasteiger partial charge is 0.508 e. The van der Waals surface area contributed by atoms with Gasteiger partial charge >= 0.3 is 0 Å². The van der Waals surface area contributed by atoms with Gasteiger partial charge in [-0.15, -0.1) is 11.8 Å². The molecule has 0 bridgehead atoms. The van der Waals surface area contributed by atoms with Crippen molar-refractivity contribution in [2.75, 3.05) is 0 Å². The molecular weight excluding hydrogens is 394 g/mol. The third kappa shape index (κ3) is 3.55.